The third-order valence-corrected chi connectivity index (χ3v) is 6.72. The van der Waals surface area contributed by atoms with E-state index in [-0.39, 0.29) is 5.16 Å². The maximum Gasteiger partial charge on any atom is 0.0248 e. The Labute approximate surface area is 164 Å². The fourth-order valence-electron chi connectivity index (χ4n) is 2.82. The second-order valence-corrected chi connectivity index (χ2v) is 10.1. The molecule has 1 atom stereocenters. The van der Waals surface area contributed by atoms with E-state index < -0.39 is 7.92 Å². The van der Waals surface area contributed by atoms with Gasteiger partial charge in [0.05, 0.1) is 0 Å². The lowest BCUT2D eigenvalue weighted by atomic mass is 10.1. The van der Waals surface area contributed by atoms with Gasteiger partial charge in [-0.25, -0.2) is 0 Å². The van der Waals surface area contributed by atoms with Crippen LogP contribution in [0.4, 0.5) is 0 Å². The van der Waals surface area contributed by atoms with Gasteiger partial charge in [0.15, 0.2) is 0 Å². The summed E-state index contributed by atoms with van der Waals surface area (Å²) in [5.74, 6) is 3.43. The van der Waals surface area contributed by atoms with Crippen LogP contribution < -0.4 is 0 Å². The minimum absolute atomic E-state index is 0.0770. The van der Waals surface area contributed by atoms with Crippen LogP contribution in [0.15, 0.2) is 91.0 Å². The van der Waals surface area contributed by atoms with E-state index in [0.29, 0.717) is 0 Å². The van der Waals surface area contributed by atoms with Crippen LogP contribution in [0.2, 0.25) is 0 Å². The Kier molecular flexibility index (Phi) is 6.28. The van der Waals surface area contributed by atoms with E-state index in [4.69, 9.17) is 0 Å². The van der Waals surface area contributed by atoms with E-state index in [1.165, 1.54) is 16.4 Å². The van der Waals surface area contributed by atoms with Gasteiger partial charge in [-0.05, 0) is 39.8 Å². The third kappa shape index (κ3) is 5.43. The Morgan fingerprint density at radius 3 is 1.81 bits per heavy atom. The molecule has 0 nitrogen and oxygen atoms in total. The fraction of sp³-hybridized carbons (Fsp3) is 0.154. The SMILES string of the molecule is CC(C)(C)P(C#Cc1ccccc1)C(=Cc1ccccc1)c1ccccc1. The molecule has 0 bridgehead atoms. The average Bonchev–Trinajstić information content (AvgIpc) is 2.68. The van der Waals surface area contributed by atoms with Crippen molar-refractivity contribution in [3.63, 3.8) is 0 Å². The molecule has 0 saturated heterocycles. The highest BCUT2D eigenvalue weighted by molar-refractivity contribution is 7.74. The van der Waals surface area contributed by atoms with Crippen molar-refractivity contribution in [1.82, 2.24) is 0 Å². The van der Waals surface area contributed by atoms with E-state index in [1.54, 1.807) is 0 Å². The standard InChI is InChI=1S/C26H25P/c1-26(2,3)27(20-19-22-13-7-4-8-14-22)25(24-17-11-6-12-18-24)21-23-15-9-5-10-16-23/h4-18,21H,1-3H3. The Hall–Kier alpha value is -2.61. The van der Waals surface area contributed by atoms with Gasteiger partial charge >= 0.3 is 0 Å². The Morgan fingerprint density at radius 2 is 1.26 bits per heavy atom. The third-order valence-electron chi connectivity index (χ3n) is 4.17. The summed E-state index contributed by atoms with van der Waals surface area (Å²) >= 11 is 0. The van der Waals surface area contributed by atoms with Crippen LogP contribution >= 0.6 is 7.92 Å². The van der Waals surface area contributed by atoms with Gasteiger partial charge in [0.25, 0.3) is 0 Å². The highest BCUT2D eigenvalue weighted by Crippen LogP contribution is 2.59. The Balaban J connectivity index is 2.12. The van der Waals surface area contributed by atoms with Crippen molar-refractivity contribution in [2.24, 2.45) is 0 Å². The minimum Gasteiger partial charge on any atom is -0.0658 e. The van der Waals surface area contributed by atoms with Gasteiger partial charge in [-0.3, -0.25) is 0 Å². The Bertz CT molecular complexity index is 937. The summed E-state index contributed by atoms with van der Waals surface area (Å²) in [4.78, 5) is 0. The lowest BCUT2D eigenvalue weighted by molar-refractivity contribution is 0.794. The lowest BCUT2D eigenvalue weighted by Crippen LogP contribution is -2.11. The highest BCUT2D eigenvalue weighted by Gasteiger charge is 2.27. The smallest absolute Gasteiger partial charge is 0.0248 e. The lowest BCUT2D eigenvalue weighted by Gasteiger charge is -2.29. The zero-order valence-electron chi connectivity index (χ0n) is 16.2. The minimum atomic E-state index is -0.689. The second kappa shape index (κ2) is 8.85. The predicted molar refractivity (Wildman–Crippen MR) is 121 cm³/mol. The van der Waals surface area contributed by atoms with Crippen LogP contribution in [0.1, 0.15) is 37.5 Å². The molecule has 134 valence electrons. The van der Waals surface area contributed by atoms with E-state index in [1.807, 2.05) is 18.2 Å². The van der Waals surface area contributed by atoms with Gasteiger partial charge in [0, 0.05) is 13.5 Å². The maximum atomic E-state index is 3.64. The van der Waals surface area contributed by atoms with Crippen LogP contribution in [0.3, 0.4) is 0 Å². The van der Waals surface area contributed by atoms with E-state index >= 15 is 0 Å². The summed E-state index contributed by atoms with van der Waals surface area (Å²) in [5.41, 5.74) is 7.18. The average molecular weight is 368 g/mol. The van der Waals surface area contributed by atoms with Gasteiger partial charge in [0.2, 0.25) is 0 Å². The van der Waals surface area contributed by atoms with Crippen molar-refractivity contribution in [3.05, 3.63) is 108 Å². The van der Waals surface area contributed by atoms with Gasteiger partial charge in [-0.2, -0.15) is 0 Å². The number of hydrogen-bond donors (Lipinski definition) is 0. The van der Waals surface area contributed by atoms with E-state index in [2.05, 4.69) is 111 Å². The maximum absolute atomic E-state index is 3.64. The number of rotatable bonds is 3. The number of hydrogen-bond acceptors (Lipinski definition) is 0. The largest absolute Gasteiger partial charge is 0.0658 e. The van der Waals surface area contributed by atoms with Gasteiger partial charge in [0.1, 0.15) is 0 Å². The molecule has 3 rings (SSSR count). The quantitative estimate of drug-likeness (QED) is 0.255. The Morgan fingerprint density at radius 1 is 0.741 bits per heavy atom. The molecule has 3 aromatic carbocycles. The molecule has 1 heteroatoms. The van der Waals surface area contributed by atoms with Crippen molar-refractivity contribution >= 4 is 19.3 Å². The molecule has 27 heavy (non-hydrogen) atoms. The molecular formula is C26H25P. The van der Waals surface area contributed by atoms with E-state index in [9.17, 15) is 0 Å². The van der Waals surface area contributed by atoms with Crippen LogP contribution in [0.5, 0.6) is 0 Å². The molecule has 0 radical (unpaired) electrons. The molecular weight excluding hydrogens is 343 g/mol. The molecule has 0 aliphatic carbocycles. The van der Waals surface area contributed by atoms with Crippen molar-refractivity contribution in [2.75, 3.05) is 0 Å². The number of benzene rings is 3. The molecule has 0 heterocycles. The van der Waals surface area contributed by atoms with Gasteiger partial charge in [-0.15, -0.1) is 0 Å². The fourth-order valence-corrected chi connectivity index (χ4v) is 4.93. The normalized spacial score (nSPS) is 12.8. The first-order valence-corrected chi connectivity index (χ1v) is 10.6. The van der Waals surface area contributed by atoms with Crippen molar-refractivity contribution in [2.45, 2.75) is 25.9 Å². The summed E-state index contributed by atoms with van der Waals surface area (Å²) in [6.07, 6.45) is 2.31. The molecule has 0 aliphatic heterocycles. The molecule has 0 N–H and O–H groups in total. The first kappa shape index (κ1) is 19.2. The van der Waals surface area contributed by atoms with Crippen LogP contribution in [0.25, 0.3) is 11.4 Å². The summed E-state index contributed by atoms with van der Waals surface area (Å²) in [7, 11) is -0.689. The summed E-state index contributed by atoms with van der Waals surface area (Å²) in [6.45, 7) is 6.88. The summed E-state index contributed by atoms with van der Waals surface area (Å²) in [6, 6.07) is 31.5. The molecule has 1 unspecified atom stereocenters. The zero-order valence-corrected chi connectivity index (χ0v) is 17.1. The van der Waals surface area contributed by atoms with Gasteiger partial charge in [-0.1, -0.05) is 111 Å². The first-order chi connectivity index (χ1) is 13.0. The molecule has 0 amide bonds. The topological polar surface area (TPSA) is 0 Å². The highest BCUT2D eigenvalue weighted by atomic mass is 31.1. The van der Waals surface area contributed by atoms with Crippen LogP contribution in [0, 0.1) is 11.6 Å². The molecule has 3 aromatic rings. The molecule has 0 spiro atoms. The summed E-state index contributed by atoms with van der Waals surface area (Å²) < 4.78 is 0. The summed E-state index contributed by atoms with van der Waals surface area (Å²) in [5, 5.41) is 1.40. The van der Waals surface area contributed by atoms with Crippen LogP contribution in [-0.2, 0) is 0 Å². The van der Waals surface area contributed by atoms with Crippen LogP contribution in [-0.4, -0.2) is 5.16 Å². The first-order valence-electron chi connectivity index (χ1n) is 9.23. The predicted octanol–water partition coefficient (Wildman–Crippen LogP) is 7.47. The molecule has 0 saturated carbocycles. The van der Waals surface area contributed by atoms with Gasteiger partial charge < -0.3 is 0 Å². The second-order valence-electron chi connectivity index (χ2n) is 7.42. The monoisotopic (exact) mass is 368 g/mol. The van der Waals surface area contributed by atoms with E-state index in [0.717, 1.165) is 5.56 Å². The molecule has 0 aliphatic rings. The van der Waals surface area contributed by atoms with Crippen molar-refractivity contribution in [3.8, 4) is 11.6 Å². The molecule has 0 fully saturated rings. The zero-order chi connectivity index (χ0) is 19.1. The molecule has 0 aromatic heterocycles. The van der Waals surface area contributed by atoms with Crippen molar-refractivity contribution < 1.29 is 0 Å². The van der Waals surface area contributed by atoms with Crippen molar-refractivity contribution in [1.29, 1.82) is 0 Å².